The molecule has 0 aromatic heterocycles. The smallest absolute Gasteiger partial charge is 0.317 e. The molecule has 0 saturated carbocycles. The first-order valence-electron chi connectivity index (χ1n) is 6.30. The highest BCUT2D eigenvalue weighted by molar-refractivity contribution is 7.99. The van der Waals surface area contributed by atoms with Gasteiger partial charge in [0.2, 0.25) is 0 Å². The maximum absolute atomic E-state index is 11.8. The number of urea groups is 1. The molecule has 1 fully saturated rings. The molecule has 0 aromatic carbocycles. The summed E-state index contributed by atoms with van der Waals surface area (Å²) in [7, 11) is 1.63. The summed E-state index contributed by atoms with van der Waals surface area (Å²) in [6.07, 6.45) is 2.39. The van der Waals surface area contributed by atoms with Crippen LogP contribution in [-0.4, -0.2) is 53.6 Å². The second kappa shape index (κ2) is 7.51. The Morgan fingerprint density at radius 1 is 1.56 bits per heavy atom. The minimum Gasteiger partial charge on any atom is -0.481 e. The van der Waals surface area contributed by atoms with Crippen LogP contribution in [0.4, 0.5) is 4.79 Å². The second-order valence-corrected chi connectivity index (χ2v) is 6.04. The zero-order valence-corrected chi connectivity index (χ0v) is 11.8. The SMILES string of the molecule is CC(CN(C)C(=O)NCC1CCCSC1)C(=O)O. The number of hydrogen-bond acceptors (Lipinski definition) is 3. The molecule has 1 saturated heterocycles. The van der Waals surface area contributed by atoms with E-state index in [-0.39, 0.29) is 12.6 Å². The van der Waals surface area contributed by atoms with Crippen molar-refractivity contribution in [3.8, 4) is 0 Å². The molecular weight excluding hydrogens is 252 g/mol. The zero-order chi connectivity index (χ0) is 13.5. The number of carboxylic acid groups (broad SMARTS) is 1. The van der Waals surface area contributed by atoms with E-state index in [2.05, 4.69) is 5.32 Å². The Morgan fingerprint density at radius 3 is 2.83 bits per heavy atom. The predicted molar refractivity (Wildman–Crippen MR) is 72.9 cm³/mol. The lowest BCUT2D eigenvalue weighted by Crippen LogP contribution is -2.43. The number of nitrogens with one attached hydrogen (secondary N) is 1. The molecule has 1 aliphatic rings. The van der Waals surface area contributed by atoms with E-state index in [0.717, 1.165) is 5.75 Å². The van der Waals surface area contributed by atoms with E-state index in [9.17, 15) is 9.59 Å². The van der Waals surface area contributed by atoms with Crippen molar-refractivity contribution in [3.63, 3.8) is 0 Å². The molecule has 0 aliphatic carbocycles. The average molecular weight is 274 g/mol. The number of thioether (sulfide) groups is 1. The molecule has 2 N–H and O–H groups in total. The quantitative estimate of drug-likeness (QED) is 0.797. The molecule has 2 atom stereocenters. The fraction of sp³-hybridized carbons (Fsp3) is 0.833. The van der Waals surface area contributed by atoms with Gasteiger partial charge in [-0.3, -0.25) is 4.79 Å². The molecule has 1 aliphatic heterocycles. The maximum Gasteiger partial charge on any atom is 0.317 e. The molecular formula is C12H22N2O3S. The third-order valence-corrected chi connectivity index (χ3v) is 4.40. The van der Waals surface area contributed by atoms with E-state index >= 15 is 0 Å². The molecule has 0 aromatic rings. The first-order valence-corrected chi connectivity index (χ1v) is 7.45. The Morgan fingerprint density at radius 2 is 2.28 bits per heavy atom. The molecule has 2 amide bonds. The monoisotopic (exact) mass is 274 g/mol. The predicted octanol–water partition coefficient (Wildman–Crippen LogP) is 1.49. The van der Waals surface area contributed by atoms with Gasteiger partial charge in [-0.2, -0.15) is 11.8 Å². The van der Waals surface area contributed by atoms with E-state index in [1.165, 1.54) is 23.5 Å². The van der Waals surface area contributed by atoms with Crippen LogP contribution in [0.3, 0.4) is 0 Å². The van der Waals surface area contributed by atoms with Crippen molar-refractivity contribution in [2.75, 3.05) is 31.6 Å². The van der Waals surface area contributed by atoms with Crippen molar-refractivity contribution in [1.29, 1.82) is 0 Å². The number of aliphatic carboxylic acids is 1. The lowest BCUT2D eigenvalue weighted by molar-refractivity contribution is -0.141. The van der Waals surface area contributed by atoms with Crippen molar-refractivity contribution in [1.82, 2.24) is 10.2 Å². The van der Waals surface area contributed by atoms with Gasteiger partial charge < -0.3 is 15.3 Å². The average Bonchev–Trinajstić information content (AvgIpc) is 2.36. The highest BCUT2D eigenvalue weighted by atomic mass is 32.2. The first kappa shape index (κ1) is 15.1. The van der Waals surface area contributed by atoms with Crippen LogP contribution in [0.2, 0.25) is 0 Å². The number of amides is 2. The number of carboxylic acids is 1. The van der Waals surface area contributed by atoms with Crippen molar-refractivity contribution in [3.05, 3.63) is 0 Å². The van der Waals surface area contributed by atoms with Crippen LogP contribution < -0.4 is 5.32 Å². The summed E-state index contributed by atoms with van der Waals surface area (Å²) in [4.78, 5) is 23.9. The van der Waals surface area contributed by atoms with E-state index in [0.29, 0.717) is 12.5 Å². The highest BCUT2D eigenvalue weighted by Crippen LogP contribution is 2.21. The lowest BCUT2D eigenvalue weighted by atomic mass is 10.1. The summed E-state index contributed by atoms with van der Waals surface area (Å²) in [6.45, 7) is 2.53. The highest BCUT2D eigenvalue weighted by Gasteiger charge is 2.19. The van der Waals surface area contributed by atoms with Gasteiger partial charge in [0, 0.05) is 20.1 Å². The Labute approximate surface area is 112 Å². The summed E-state index contributed by atoms with van der Waals surface area (Å²) < 4.78 is 0. The van der Waals surface area contributed by atoms with Crippen LogP contribution in [0.5, 0.6) is 0 Å². The third-order valence-electron chi connectivity index (χ3n) is 3.11. The van der Waals surface area contributed by atoms with Crippen LogP contribution in [0.1, 0.15) is 19.8 Å². The largest absolute Gasteiger partial charge is 0.481 e. The van der Waals surface area contributed by atoms with Gasteiger partial charge >= 0.3 is 12.0 Å². The van der Waals surface area contributed by atoms with Crippen molar-refractivity contribution in [2.45, 2.75) is 19.8 Å². The summed E-state index contributed by atoms with van der Waals surface area (Å²) in [5, 5.41) is 11.7. The molecule has 1 heterocycles. The first-order chi connectivity index (χ1) is 8.50. The normalized spacial score (nSPS) is 21.1. The summed E-state index contributed by atoms with van der Waals surface area (Å²) in [5.74, 6) is 1.47. The van der Waals surface area contributed by atoms with Gasteiger partial charge in [-0.15, -0.1) is 0 Å². The number of rotatable bonds is 5. The fourth-order valence-electron chi connectivity index (χ4n) is 1.91. The van der Waals surface area contributed by atoms with Gasteiger partial charge in [-0.25, -0.2) is 4.79 Å². The Bertz CT molecular complexity index is 293. The zero-order valence-electron chi connectivity index (χ0n) is 11.0. The third kappa shape index (κ3) is 5.16. The van der Waals surface area contributed by atoms with Crippen molar-refractivity contribution >= 4 is 23.8 Å². The van der Waals surface area contributed by atoms with Gasteiger partial charge in [0.1, 0.15) is 0 Å². The summed E-state index contributed by atoms with van der Waals surface area (Å²) >= 11 is 1.94. The van der Waals surface area contributed by atoms with E-state index in [1.807, 2.05) is 11.8 Å². The van der Waals surface area contributed by atoms with E-state index in [1.54, 1.807) is 14.0 Å². The second-order valence-electron chi connectivity index (χ2n) is 4.89. The lowest BCUT2D eigenvalue weighted by Gasteiger charge is -2.24. The van der Waals surface area contributed by atoms with Crippen molar-refractivity contribution in [2.24, 2.45) is 11.8 Å². The number of carbonyl (C=O) groups excluding carboxylic acids is 1. The van der Waals surface area contributed by atoms with Gasteiger partial charge in [0.05, 0.1) is 5.92 Å². The van der Waals surface area contributed by atoms with Gasteiger partial charge in [-0.1, -0.05) is 6.92 Å². The van der Waals surface area contributed by atoms with Crippen LogP contribution in [-0.2, 0) is 4.79 Å². The molecule has 18 heavy (non-hydrogen) atoms. The molecule has 0 spiro atoms. The number of hydrogen-bond donors (Lipinski definition) is 2. The molecule has 1 rings (SSSR count). The number of nitrogens with zero attached hydrogens (tertiary/aromatic N) is 1. The Balaban J connectivity index is 2.24. The minimum absolute atomic E-state index is 0.182. The van der Waals surface area contributed by atoms with Crippen LogP contribution in [0.25, 0.3) is 0 Å². The maximum atomic E-state index is 11.8. The number of carbonyl (C=O) groups is 2. The standard InChI is InChI=1S/C12H22N2O3S/c1-9(11(15)16)7-14(2)12(17)13-6-10-4-3-5-18-8-10/h9-10H,3-8H2,1-2H3,(H,13,17)(H,15,16). The molecule has 104 valence electrons. The van der Waals surface area contributed by atoms with Gasteiger partial charge in [-0.05, 0) is 30.3 Å². The van der Waals surface area contributed by atoms with Crippen LogP contribution in [0, 0.1) is 11.8 Å². The van der Waals surface area contributed by atoms with E-state index < -0.39 is 11.9 Å². The van der Waals surface area contributed by atoms with Crippen LogP contribution >= 0.6 is 11.8 Å². The van der Waals surface area contributed by atoms with Gasteiger partial charge in [0.15, 0.2) is 0 Å². The Hall–Kier alpha value is -0.910. The molecule has 0 radical (unpaired) electrons. The van der Waals surface area contributed by atoms with Gasteiger partial charge in [0.25, 0.3) is 0 Å². The molecule has 2 unspecified atom stereocenters. The molecule has 5 nitrogen and oxygen atoms in total. The van der Waals surface area contributed by atoms with Crippen LogP contribution in [0.15, 0.2) is 0 Å². The topological polar surface area (TPSA) is 69.6 Å². The molecule has 6 heteroatoms. The summed E-state index contributed by atoms with van der Waals surface area (Å²) in [5.41, 5.74) is 0. The minimum atomic E-state index is -0.877. The summed E-state index contributed by atoms with van der Waals surface area (Å²) in [6, 6.07) is -0.182. The molecule has 0 bridgehead atoms. The van der Waals surface area contributed by atoms with E-state index in [4.69, 9.17) is 5.11 Å². The van der Waals surface area contributed by atoms with Crippen molar-refractivity contribution < 1.29 is 14.7 Å². The Kier molecular flexibility index (Phi) is 6.32. The fourth-order valence-corrected chi connectivity index (χ4v) is 3.06.